The number of halogens is 3. The fraction of sp³-hybridized carbons (Fsp3) is 0.455. The van der Waals surface area contributed by atoms with E-state index in [2.05, 4.69) is 5.32 Å². The van der Waals surface area contributed by atoms with Crippen molar-refractivity contribution in [3.05, 3.63) is 29.3 Å². The number of aliphatic hydroxyl groups is 2. The molecule has 2 atom stereocenters. The fourth-order valence-corrected chi connectivity index (χ4v) is 1.55. The number of hydrogen-bond donors (Lipinski definition) is 4. The van der Waals surface area contributed by atoms with Gasteiger partial charge < -0.3 is 21.3 Å². The Labute approximate surface area is 102 Å². The highest BCUT2D eigenvalue weighted by Crippen LogP contribution is 2.35. The van der Waals surface area contributed by atoms with Gasteiger partial charge in [0.15, 0.2) is 0 Å². The SMILES string of the molecule is CNCC(O)C(O)c1ccc(N)c(C(F)(F)F)c1. The number of likely N-dealkylation sites (N-methyl/N-ethyl adjacent to an activating group) is 1. The number of nitrogen functional groups attached to an aromatic ring is 1. The summed E-state index contributed by atoms with van der Waals surface area (Å²) in [7, 11) is 1.56. The van der Waals surface area contributed by atoms with Crippen molar-refractivity contribution in [2.75, 3.05) is 19.3 Å². The molecule has 1 aromatic carbocycles. The Morgan fingerprint density at radius 1 is 1.33 bits per heavy atom. The zero-order valence-corrected chi connectivity index (χ0v) is 9.70. The molecular weight excluding hydrogens is 249 g/mol. The molecule has 18 heavy (non-hydrogen) atoms. The first-order chi connectivity index (χ1) is 8.27. The number of alkyl halides is 3. The Morgan fingerprint density at radius 3 is 2.44 bits per heavy atom. The Kier molecular flexibility index (Phi) is 4.55. The van der Waals surface area contributed by atoms with Gasteiger partial charge in [-0.2, -0.15) is 13.2 Å². The van der Waals surface area contributed by atoms with Crippen molar-refractivity contribution in [3.8, 4) is 0 Å². The fourth-order valence-electron chi connectivity index (χ4n) is 1.55. The minimum atomic E-state index is -4.59. The van der Waals surface area contributed by atoms with Crippen molar-refractivity contribution in [1.82, 2.24) is 5.32 Å². The van der Waals surface area contributed by atoms with Gasteiger partial charge in [-0.3, -0.25) is 0 Å². The quantitative estimate of drug-likeness (QED) is 0.609. The monoisotopic (exact) mass is 264 g/mol. The van der Waals surface area contributed by atoms with Crippen LogP contribution in [0.25, 0.3) is 0 Å². The first kappa shape index (κ1) is 14.7. The van der Waals surface area contributed by atoms with E-state index >= 15 is 0 Å². The standard InChI is InChI=1S/C11H15F3N2O2/c1-16-5-9(17)10(18)6-2-3-8(15)7(4-6)11(12,13)14/h2-4,9-10,16-18H,5,15H2,1H3. The number of nitrogens with one attached hydrogen (secondary N) is 1. The smallest absolute Gasteiger partial charge is 0.398 e. The molecule has 0 fully saturated rings. The van der Waals surface area contributed by atoms with Crippen LogP contribution in [0.2, 0.25) is 0 Å². The molecule has 0 spiro atoms. The van der Waals surface area contributed by atoms with Crippen LogP contribution in [0, 0.1) is 0 Å². The molecule has 1 rings (SSSR count). The molecule has 0 aliphatic heterocycles. The van der Waals surface area contributed by atoms with Gasteiger partial charge in [0, 0.05) is 12.2 Å². The molecule has 102 valence electrons. The minimum absolute atomic E-state index is 0.0284. The van der Waals surface area contributed by atoms with Gasteiger partial charge in [0.2, 0.25) is 0 Å². The molecule has 0 aliphatic carbocycles. The van der Waals surface area contributed by atoms with E-state index in [1.165, 1.54) is 6.07 Å². The molecule has 0 saturated heterocycles. The second-order valence-electron chi connectivity index (χ2n) is 3.91. The molecule has 0 radical (unpaired) electrons. The van der Waals surface area contributed by atoms with Crippen molar-refractivity contribution >= 4 is 5.69 Å². The Hall–Kier alpha value is -1.31. The highest BCUT2D eigenvalue weighted by Gasteiger charge is 2.34. The zero-order valence-electron chi connectivity index (χ0n) is 9.70. The van der Waals surface area contributed by atoms with Crippen LogP contribution in [0.15, 0.2) is 18.2 Å². The van der Waals surface area contributed by atoms with Crippen molar-refractivity contribution in [2.24, 2.45) is 0 Å². The van der Waals surface area contributed by atoms with E-state index in [-0.39, 0.29) is 12.1 Å². The van der Waals surface area contributed by atoms with Gasteiger partial charge in [-0.15, -0.1) is 0 Å². The summed E-state index contributed by atoms with van der Waals surface area (Å²) in [5.41, 5.74) is 3.77. The molecule has 1 aromatic rings. The van der Waals surface area contributed by atoms with Crippen LogP contribution in [0.1, 0.15) is 17.2 Å². The van der Waals surface area contributed by atoms with E-state index in [9.17, 15) is 23.4 Å². The van der Waals surface area contributed by atoms with E-state index in [4.69, 9.17) is 5.73 Å². The summed E-state index contributed by atoms with van der Waals surface area (Å²) in [5.74, 6) is 0. The molecule has 0 saturated carbocycles. The van der Waals surface area contributed by atoms with Crippen LogP contribution >= 0.6 is 0 Å². The number of aliphatic hydroxyl groups excluding tert-OH is 2. The zero-order chi connectivity index (χ0) is 13.9. The van der Waals surface area contributed by atoms with E-state index in [1.54, 1.807) is 7.05 Å². The molecule has 0 bridgehead atoms. The van der Waals surface area contributed by atoms with Crippen molar-refractivity contribution in [3.63, 3.8) is 0 Å². The maximum absolute atomic E-state index is 12.6. The molecule has 5 N–H and O–H groups in total. The number of hydrogen-bond acceptors (Lipinski definition) is 4. The van der Waals surface area contributed by atoms with E-state index in [0.717, 1.165) is 12.1 Å². The lowest BCUT2D eigenvalue weighted by Gasteiger charge is -2.19. The van der Waals surface area contributed by atoms with Gasteiger partial charge in [0.1, 0.15) is 6.10 Å². The van der Waals surface area contributed by atoms with Crippen LogP contribution in [0.3, 0.4) is 0 Å². The molecule has 7 heteroatoms. The predicted molar refractivity (Wildman–Crippen MR) is 60.7 cm³/mol. The third kappa shape index (κ3) is 3.34. The lowest BCUT2D eigenvalue weighted by Crippen LogP contribution is -2.29. The highest BCUT2D eigenvalue weighted by atomic mass is 19.4. The Bertz CT molecular complexity index is 410. The Morgan fingerprint density at radius 2 is 1.94 bits per heavy atom. The number of rotatable bonds is 4. The molecular formula is C11H15F3N2O2. The van der Waals surface area contributed by atoms with Gasteiger partial charge in [0.05, 0.1) is 11.7 Å². The van der Waals surface area contributed by atoms with Crippen LogP contribution in [0.5, 0.6) is 0 Å². The van der Waals surface area contributed by atoms with Crippen LogP contribution in [-0.2, 0) is 6.18 Å². The summed E-state index contributed by atoms with van der Waals surface area (Å²) in [6, 6.07) is 3.07. The maximum atomic E-state index is 12.6. The van der Waals surface area contributed by atoms with Gasteiger partial charge in [-0.1, -0.05) is 6.07 Å². The lowest BCUT2D eigenvalue weighted by atomic mass is 10.0. The first-order valence-corrected chi connectivity index (χ1v) is 5.24. The average molecular weight is 264 g/mol. The van der Waals surface area contributed by atoms with Gasteiger partial charge >= 0.3 is 6.18 Å². The van der Waals surface area contributed by atoms with Gasteiger partial charge in [-0.25, -0.2) is 0 Å². The maximum Gasteiger partial charge on any atom is 0.418 e. The highest BCUT2D eigenvalue weighted by molar-refractivity contribution is 5.50. The third-order valence-corrected chi connectivity index (χ3v) is 2.50. The largest absolute Gasteiger partial charge is 0.418 e. The van der Waals surface area contributed by atoms with Crippen LogP contribution in [0.4, 0.5) is 18.9 Å². The number of anilines is 1. The second-order valence-corrected chi connectivity index (χ2v) is 3.91. The van der Waals surface area contributed by atoms with Crippen LogP contribution in [-0.4, -0.2) is 29.9 Å². The average Bonchev–Trinajstić information content (AvgIpc) is 2.27. The summed E-state index contributed by atoms with van der Waals surface area (Å²) in [4.78, 5) is 0. The van der Waals surface area contributed by atoms with Crippen molar-refractivity contribution in [2.45, 2.75) is 18.4 Å². The van der Waals surface area contributed by atoms with Crippen LogP contribution < -0.4 is 11.1 Å². The van der Waals surface area contributed by atoms with Gasteiger partial charge in [-0.05, 0) is 24.7 Å². The summed E-state index contributed by atoms with van der Waals surface area (Å²) in [6.07, 6.45) is -7.19. The summed E-state index contributed by atoms with van der Waals surface area (Å²) in [6.45, 7) is 0.0624. The van der Waals surface area contributed by atoms with E-state index in [1.807, 2.05) is 0 Å². The molecule has 0 amide bonds. The third-order valence-electron chi connectivity index (χ3n) is 2.50. The molecule has 0 heterocycles. The van der Waals surface area contributed by atoms with Crippen molar-refractivity contribution < 1.29 is 23.4 Å². The van der Waals surface area contributed by atoms with Crippen molar-refractivity contribution in [1.29, 1.82) is 0 Å². The van der Waals surface area contributed by atoms with Gasteiger partial charge in [0.25, 0.3) is 0 Å². The van der Waals surface area contributed by atoms with E-state index < -0.39 is 29.6 Å². The lowest BCUT2D eigenvalue weighted by molar-refractivity contribution is -0.137. The molecule has 4 nitrogen and oxygen atoms in total. The molecule has 2 unspecified atom stereocenters. The number of benzene rings is 1. The van der Waals surface area contributed by atoms with E-state index in [0.29, 0.717) is 0 Å². The second kappa shape index (κ2) is 5.55. The predicted octanol–water partition coefficient (Wildman–Crippen LogP) is 0.901. The minimum Gasteiger partial charge on any atom is -0.398 e. The topological polar surface area (TPSA) is 78.5 Å². The molecule has 0 aromatic heterocycles. The summed E-state index contributed by atoms with van der Waals surface area (Å²) < 4.78 is 37.8. The summed E-state index contributed by atoms with van der Waals surface area (Å²) in [5, 5.41) is 21.8. The normalized spacial score (nSPS) is 15.4. The number of nitrogens with two attached hydrogens (primary N) is 1. The summed E-state index contributed by atoms with van der Waals surface area (Å²) >= 11 is 0. The Balaban J connectivity index is 3.05. The molecule has 0 aliphatic rings. The first-order valence-electron chi connectivity index (χ1n) is 5.24.